The van der Waals surface area contributed by atoms with E-state index in [4.69, 9.17) is 9.47 Å². The predicted molar refractivity (Wildman–Crippen MR) is 104 cm³/mol. The molecule has 2 nitrogen and oxygen atoms in total. The zero-order valence-corrected chi connectivity index (χ0v) is 17.9. The molecular formula is C21H33BrO2. The van der Waals surface area contributed by atoms with Gasteiger partial charge in [-0.05, 0) is 29.5 Å². The standard InChI is InChI=1S/C21H33BrO2/c1-18(2,3)21(14-19(4,5)12-13-23-21)24-15-20(6,7)16-8-10-17(22)11-9-16/h8-11H,12-15H2,1-7H3. The van der Waals surface area contributed by atoms with Gasteiger partial charge in [-0.2, -0.15) is 0 Å². The lowest BCUT2D eigenvalue weighted by molar-refractivity contribution is -0.325. The summed E-state index contributed by atoms with van der Waals surface area (Å²) in [4.78, 5) is 0. The second-order valence-corrected chi connectivity index (χ2v) is 10.5. The molecule has 2 rings (SSSR count). The summed E-state index contributed by atoms with van der Waals surface area (Å²) >= 11 is 3.51. The normalized spacial score (nSPS) is 24.8. The predicted octanol–water partition coefficient (Wildman–Crippen LogP) is 6.32. The number of benzene rings is 1. The zero-order valence-electron chi connectivity index (χ0n) is 16.3. The van der Waals surface area contributed by atoms with Crippen LogP contribution in [0.4, 0.5) is 0 Å². The number of halogens is 1. The first-order valence-corrected chi connectivity index (χ1v) is 9.70. The third-order valence-corrected chi connectivity index (χ3v) is 5.79. The fourth-order valence-corrected chi connectivity index (χ4v) is 3.60. The highest BCUT2D eigenvalue weighted by Crippen LogP contribution is 2.48. The molecular weight excluding hydrogens is 364 g/mol. The molecule has 1 heterocycles. The van der Waals surface area contributed by atoms with Gasteiger partial charge < -0.3 is 9.47 Å². The van der Waals surface area contributed by atoms with Gasteiger partial charge >= 0.3 is 0 Å². The van der Waals surface area contributed by atoms with Crippen LogP contribution in [0.2, 0.25) is 0 Å². The van der Waals surface area contributed by atoms with Crippen LogP contribution < -0.4 is 0 Å². The summed E-state index contributed by atoms with van der Waals surface area (Å²) < 4.78 is 14.0. The van der Waals surface area contributed by atoms with Crippen LogP contribution in [0.25, 0.3) is 0 Å². The molecule has 0 aromatic heterocycles. The largest absolute Gasteiger partial charge is 0.349 e. The summed E-state index contributed by atoms with van der Waals surface area (Å²) in [6, 6.07) is 8.53. The molecule has 1 aliphatic heterocycles. The van der Waals surface area contributed by atoms with E-state index in [-0.39, 0.29) is 16.2 Å². The zero-order chi connectivity index (χ0) is 18.2. The third-order valence-electron chi connectivity index (χ3n) is 5.26. The van der Waals surface area contributed by atoms with Crippen LogP contribution in [-0.2, 0) is 14.9 Å². The van der Waals surface area contributed by atoms with Gasteiger partial charge in [0.15, 0.2) is 5.79 Å². The number of hydrogen-bond acceptors (Lipinski definition) is 2. The Labute approximate surface area is 156 Å². The van der Waals surface area contributed by atoms with Crippen molar-refractivity contribution in [2.45, 2.75) is 72.5 Å². The number of rotatable bonds is 4. The van der Waals surface area contributed by atoms with Gasteiger partial charge in [-0.15, -0.1) is 0 Å². The van der Waals surface area contributed by atoms with Gasteiger partial charge in [0, 0.05) is 21.7 Å². The summed E-state index contributed by atoms with van der Waals surface area (Å²) in [5.74, 6) is -0.526. The molecule has 1 unspecified atom stereocenters. The van der Waals surface area contributed by atoms with Gasteiger partial charge in [0.1, 0.15) is 0 Å². The highest BCUT2D eigenvalue weighted by molar-refractivity contribution is 9.10. The Morgan fingerprint density at radius 2 is 1.67 bits per heavy atom. The van der Waals surface area contributed by atoms with E-state index in [9.17, 15) is 0 Å². The summed E-state index contributed by atoms with van der Waals surface area (Å²) in [5, 5.41) is 0. The van der Waals surface area contributed by atoms with Gasteiger partial charge in [0.2, 0.25) is 0 Å². The van der Waals surface area contributed by atoms with Crippen molar-refractivity contribution in [1.29, 1.82) is 0 Å². The molecule has 1 saturated heterocycles. The van der Waals surface area contributed by atoms with Crippen molar-refractivity contribution < 1.29 is 9.47 Å². The van der Waals surface area contributed by atoms with Crippen molar-refractivity contribution in [2.75, 3.05) is 13.2 Å². The van der Waals surface area contributed by atoms with Crippen molar-refractivity contribution in [3.63, 3.8) is 0 Å². The van der Waals surface area contributed by atoms with E-state index in [1.165, 1.54) is 5.56 Å². The average Bonchev–Trinajstić information content (AvgIpc) is 2.43. The van der Waals surface area contributed by atoms with Crippen LogP contribution in [0, 0.1) is 10.8 Å². The van der Waals surface area contributed by atoms with Crippen LogP contribution in [0.3, 0.4) is 0 Å². The SMILES string of the molecule is CC1(C)CCOC(OCC(C)(C)c2ccc(Br)cc2)(C(C)(C)C)C1. The van der Waals surface area contributed by atoms with Crippen molar-refractivity contribution in [3.8, 4) is 0 Å². The Kier molecular flexibility index (Phi) is 5.60. The second-order valence-electron chi connectivity index (χ2n) is 9.62. The maximum Gasteiger partial charge on any atom is 0.173 e. The van der Waals surface area contributed by atoms with Crippen LogP contribution in [0.5, 0.6) is 0 Å². The van der Waals surface area contributed by atoms with E-state index in [1.807, 2.05) is 0 Å². The van der Waals surface area contributed by atoms with Crippen LogP contribution in [0.1, 0.15) is 66.9 Å². The minimum absolute atomic E-state index is 0.0656. The molecule has 0 amide bonds. The van der Waals surface area contributed by atoms with E-state index in [2.05, 4.69) is 88.7 Å². The van der Waals surface area contributed by atoms with Gasteiger partial charge in [0.05, 0.1) is 13.2 Å². The van der Waals surface area contributed by atoms with Crippen molar-refractivity contribution in [3.05, 3.63) is 34.3 Å². The van der Waals surface area contributed by atoms with Gasteiger partial charge in [-0.25, -0.2) is 0 Å². The quantitative estimate of drug-likeness (QED) is 0.592. The number of hydrogen-bond donors (Lipinski definition) is 0. The topological polar surface area (TPSA) is 18.5 Å². The van der Waals surface area contributed by atoms with Gasteiger partial charge in [0.25, 0.3) is 0 Å². The van der Waals surface area contributed by atoms with Gasteiger partial charge in [-0.3, -0.25) is 0 Å². The summed E-state index contributed by atoms with van der Waals surface area (Å²) in [6.45, 7) is 17.2. The van der Waals surface area contributed by atoms with E-state index >= 15 is 0 Å². The molecule has 1 atom stereocenters. The fourth-order valence-electron chi connectivity index (χ4n) is 3.33. The molecule has 0 radical (unpaired) electrons. The molecule has 0 bridgehead atoms. The molecule has 0 saturated carbocycles. The lowest BCUT2D eigenvalue weighted by Crippen LogP contribution is -2.55. The Balaban J connectivity index is 2.20. The van der Waals surface area contributed by atoms with E-state index in [1.54, 1.807) is 0 Å². The Morgan fingerprint density at radius 1 is 1.08 bits per heavy atom. The van der Waals surface area contributed by atoms with Crippen LogP contribution in [0.15, 0.2) is 28.7 Å². The molecule has 1 fully saturated rings. The maximum absolute atomic E-state index is 6.59. The van der Waals surface area contributed by atoms with Crippen LogP contribution >= 0.6 is 15.9 Å². The first-order chi connectivity index (χ1) is 10.9. The molecule has 1 aromatic rings. The average molecular weight is 397 g/mol. The van der Waals surface area contributed by atoms with Crippen molar-refractivity contribution in [1.82, 2.24) is 0 Å². The minimum Gasteiger partial charge on any atom is -0.349 e. The summed E-state index contributed by atoms with van der Waals surface area (Å²) in [5.41, 5.74) is 1.39. The minimum atomic E-state index is -0.526. The fraction of sp³-hybridized carbons (Fsp3) is 0.714. The maximum atomic E-state index is 6.59. The number of ether oxygens (including phenoxy) is 2. The Morgan fingerprint density at radius 3 is 2.17 bits per heavy atom. The lowest BCUT2D eigenvalue weighted by atomic mass is 9.71. The molecule has 24 heavy (non-hydrogen) atoms. The molecule has 0 N–H and O–H groups in total. The van der Waals surface area contributed by atoms with E-state index in [0.29, 0.717) is 6.61 Å². The third kappa shape index (κ3) is 4.42. The highest BCUT2D eigenvalue weighted by atomic mass is 79.9. The van der Waals surface area contributed by atoms with E-state index in [0.717, 1.165) is 23.9 Å². The lowest BCUT2D eigenvalue weighted by Gasteiger charge is -2.52. The molecule has 3 heteroatoms. The first-order valence-electron chi connectivity index (χ1n) is 8.91. The van der Waals surface area contributed by atoms with Gasteiger partial charge in [-0.1, -0.05) is 76.5 Å². The van der Waals surface area contributed by atoms with E-state index < -0.39 is 5.79 Å². The molecule has 0 aliphatic carbocycles. The van der Waals surface area contributed by atoms with Crippen molar-refractivity contribution >= 4 is 15.9 Å². The Bertz CT molecular complexity index is 554. The van der Waals surface area contributed by atoms with Crippen LogP contribution in [-0.4, -0.2) is 19.0 Å². The van der Waals surface area contributed by atoms with Crippen molar-refractivity contribution in [2.24, 2.45) is 10.8 Å². The monoisotopic (exact) mass is 396 g/mol. The smallest absolute Gasteiger partial charge is 0.173 e. The summed E-state index contributed by atoms with van der Waals surface area (Å²) in [6.07, 6.45) is 2.02. The molecule has 136 valence electrons. The first kappa shape index (κ1) is 19.9. The molecule has 1 aromatic carbocycles. The molecule has 0 spiro atoms. The molecule has 1 aliphatic rings. The second kappa shape index (κ2) is 6.74. The highest BCUT2D eigenvalue weighted by Gasteiger charge is 2.51. The summed E-state index contributed by atoms with van der Waals surface area (Å²) in [7, 11) is 0. The Hall–Kier alpha value is -0.380.